The molecule has 1 N–H and O–H groups in total. The molecule has 5 rings (SSSR count). The fourth-order valence-corrected chi connectivity index (χ4v) is 5.75. The topological polar surface area (TPSA) is 51.2 Å². The van der Waals surface area contributed by atoms with E-state index in [9.17, 15) is 5.11 Å². The molecule has 0 aliphatic carbocycles. The van der Waals surface area contributed by atoms with Crippen LogP contribution in [0.25, 0.3) is 21.2 Å². The first-order valence-electron chi connectivity index (χ1n) is 13.0. The van der Waals surface area contributed by atoms with E-state index in [1.807, 2.05) is 62.4 Å². The van der Waals surface area contributed by atoms with Gasteiger partial charge >= 0.3 is 0 Å². The van der Waals surface area contributed by atoms with Crippen molar-refractivity contribution in [2.45, 2.75) is 38.7 Å². The number of methoxy groups -OCH3 is 1. The highest BCUT2D eigenvalue weighted by Crippen LogP contribution is 2.44. The summed E-state index contributed by atoms with van der Waals surface area (Å²) in [6.45, 7) is 7.63. The Morgan fingerprint density at radius 2 is 1.59 bits per heavy atom. The summed E-state index contributed by atoms with van der Waals surface area (Å²) in [4.78, 5) is 4.43. The predicted octanol–water partition coefficient (Wildman–Crippen LogP) is 7.46. The van der Waals surface area contributed by atoms with E-state index in [4.69, 9.17) is 14.2 Å². The summed E-state index contributed by atoms with van der Waals surface area (Å²) in [6.07, 6.45) is 3.93. The van der Waals surface area contributed by atoms with E-state index in [1.54, 1.807) is 18.4 Å². The van der Waals surface area contributed by atoms with E-state index in [0.29, 0.717) is 6.61 Å². The quantitative estimate of drug-likeness (QED) is 0.250. The minimum atomic E-state index is -0.891. The molecular formula is C31H35NO4S. The summed E-state index contributed by atoms with van der Waals surface area (Å²) in [6, 6.07) is 22.1. The molecule has 37 heavy (non-hydrogen) atoms. The largest absolute Gasteiger partial charge is 0.497 e. The summed E-state index contributed by atoms with van der Waals surface area (Å²) in [5.41, 5.74) is 0.0952. The molecule has 1 saturated heterocycles. The van der Waals surface area contributed by atoms with Gasteiger partial charge in [0.25, 0.3) is 0 Å². The molecular weight excluding hydrogens is 482 g/mol. The number of hydrogen-bond donors (Lipinski definition) is 1. The van der Waals surface area contributed by atoms with E-state index in [-0.39, 0.29) is 0 Å². The highest BCUT2D eigenvalue weighted by atomic mass is 32.1. The average Bonchev–Trinajstić information content (AvgIpc) is 3.41. The number of fused-ring (bicyclic) bond motifs is 1. The molecule has 0 bridgehead atoms. The van der Waals surface area contributed by atoms with Gasteiger partial charge in [-0.25, -0.2) is 0 Å². The van der Waals surface area contributed by atoms with E-state index in [0.717, 1.165) is 55.6 Å². The number of aliphatic hydroxyl groups is 1. The molecule has 1 fully saturated rings. The maximum Gasteiger partial charge on any atom is 0.143 e. The van der Waals surface area contributed by atoms with Gasteiger partial charge in [-0.15, -0.1) is 11.3 Å². The van der Waals surface area contributed by atoms with Crippen molar-refractivity contribution in [1.82, 2.24) is 4.90 Å². The number of benzene rings is 3. The Labute approximate surface area is 223 Å². The fourth-order valence-electron chi connectivity index (χ4n) is 4.72. The average molecular weight is 518 g/mol. The van der Waals surface area contributed by atoms with Crippen LogP contribution in [-0.2, 0) is 5.60 Å². The SMILES string of the molecule is COc1ccc2c(Oc3ccc(OCCN4CCCCC4)cc3)c(-c3ccc(C(C)(C)O)s3)ccc2c1. The minimum Gasteiger partial charge on any atom is -0.497 e. The van der Waals surface area contributed by atoms with Gasteiger partial charge in [-0.05, 0) is 106 Å². The highest BCUT2D eigenvalue weighted by Gasteiger charge is 2.21. The van der Waals surface area contributed by atoms with Crippen LogP contribution in [0.1, 0.15) is 38.0 Å². The number of rotatable bonds is 9. The van der Waals surface area contributed by atoms with Crippen molar-refractivity contribution in [3.63, 3.8) is 0 Å². The Hall–Kier alpha value is -3.06. The summed E-state index contributed by atoms with van der Waals surface area (Å²) in [7, 11) is 1.67. The molecule has 3 aromatic carbocycles. The molecule has 0 radical (unpaired) electrons. The zero-order valence-electron chi connectivity index (χ0n) is 21.8. The third-order valence-corrected chi connectivity index (χ3v) is 8.25. The van der Waals surface area contributed by atoms with Gasteiger partial charge in [0, 0.05) is 27.2 Å². The summed E-state index contributed by atoms with van der Waals surface area (Å²) in [5.74, 6) is 3.17. The normalized spacial score (nSPS) is 14.6. The van der Waals surface area contributed by atoms with Gasteiger partial charge in [-0.1, -0.05) is 12.5 Å². The molecule has 2 heterocycles. The maximum atomic E-state index is 10.5. The maximum absolute atomic E-state index is 10.5. The lowest BCUT2D eigenvalue weighted by Crippen LogP contribution is -2.33. The number of nitrogens with zero attached hydrogens (tertiary/aromatic N) is 1. The third kappa shape index (κ3) is 6.09. The monoisotopic (exact) mass is 517 g/mol. The molecule has 194 valence electrons. The van der Waals surface area contributed by atoms with Gasteiger partial charge in [-0.3, -0.25) is 4.90 Å². The van der Waals surface area contributed by atoms with Gasteiger partial charge in [0.05, 0.1) is 12.7 Å². The molecule has 6 heteroatoms. The van der Waals surface area contributed by atoms with Crippen LogP contribution in [0.3, 0.4) is 0 Å². The van der Waals surface area contributed by atoms with Crippen molar-refractivity contribution >= 4 is 22.1 Å². The molecule has 0 saturated carbocycles. The van der Waals surface area contributed by atoms with Crippen molar-refractivity contribution in [3.8, 4) is 33.4 Å². The van der Waals surface area contributed by atoms with E-state index >= 15 is 0 Å². The van der Waals surface area contributed by atoms with Crippen molar-refractivity contribution in [1.29, 1.82) is 0 Å². The van der Waals surface area contributed by atoms with Crippen LogP contribution in [0, 0.1) is 0 Å². The van der Waals surface area contributed by atoms with Gasteiger partial charge < -0.3 is 19.3 Å². The summed E-state index contributed by atoms with van der Waals surface area (Å²) >= 11 is 1.58. The second-order valence-electron chi connectivity index (χ2n) is 10.1. The molecule has 0 atom stereocenters. The minimum absolute atomic E-state index is 0.692. The number of thiophene rings is 1. The molecule has 1 aromatic heterocycles. The Morgan fingerprint density at radius 3 is 2.30 bits per heavy atom. The Bertz CT molecular complexity index is 1330. The highest BCUT2D eigenvalue weighted by molar-refractivity contribution is 7.15. The van der Waals surface area contributed by atoms with E-state index < -0.39 is 5.60 Å². The Morgan fingerprint density at radius 1 is 0.865 bits per heavy atom. The van der Waals surface area contributed by atoms with Crippen LogP contribution in [0.4, 0.5) is 0 Å². The van der Waals surface area contributed by atoms with Gasteiger partial charge in [0.2, 0.25) is 0 Å². The molecule has 0 amide bonds. The molecule has 5 nitrogen and oxygen atoms in total. The first kappa shape index (κ1) is 25.6. The number of ether oxygens (including phenoxy) is 3. The van der Waals surface area contributed by atoms with Crippen LogP contribution in [0.5, 0.6) is 23.0 Å². The lowest BCUT2D eigenvalue weighted by molar-refractivity contribution is 0.0825. The molecule has 0 spiro atoms. The number of piperidine rings is 1. The van der Waals surface area contributed by atoms with Crippen molar-refractivity contribution in [2.24, 2.45) is 0 Å². The van der Waals surface area contributed by atoms with Crippen LogP contribution in [0.15, 0.2) is 66.7 Å². The van der Waals surface area contributed by atoms with Crippen molar-refractivity contribution in [2.75, 3.05) is 33.4 Å². The first-order valence-corrected chi connectivity index (χ1v) is 13.8. The predicted molar refractivity (Wildman–Crippen MR) is 151 cm³/mol. The molecule has 0 unspecified atom stereocenters. The zero-order valence-corrected chi connectivity index (χ0v) is 22.6. The second-order valence-corrected chi connectivity index (χ2v) is 11.2. The van der Waals surface area contributed by atoms with Crippen molar-refractivity contribution < 1.29 is 19.3 Å². The summed E-state index contributed by atoms with van der Waals surface area (Å²) < 4.78 is 18.0. The van der Waals surface area contributed by atoms with Crippen LogP contribution < -0.4 is 14.2 Å². The molecule has 1 aliphatic heterocycles. The third-order valence-electron chi connectivity index (χ3n) is 6.82. The number of likely N-dealkylation sites (tertiary alicyclic amines) is 1. The molecule has 1 aliphatic rings. The van der Waals surface area contributed by atoms with Crippen LogP contribution in [0.2, 0.25) is 0 Å². The molecule has 4 aromatic rings. The first-order chi connectivity index (χ1) is 17.9. The standard InChI is InChI=1S/C31H35NO4S/c1-31(2,33)29-16-15-28(37-29)27-13-7-22-21-25(34-3)12-14-26(22)30(27)36-24-10-8-23(9-11-24)35-20-19-32-17-5-4-6-18-32/h7-16,21,33H,4-6,17-20H2,1-3H3. The van der Waals surface area contributed by atoms with Gasteiger partial charge in [0.1, 0.15) is 29.6 Å². The van der Waals surface area contributed by atoms with Gasteiger partial charge in [-0.2, -0.15) is 0 Å². The van der Waals surface area contributed by atoms with E-state index in [1.165, 1.54) is 32.4 Å². The second kappa shape index (κ2) is 11.1. The smallest absolute Gasteiger partial charge is 0.143 e. The number of hydrogen-bond acceptors (Lipinski definition) is 6. The lowest BCUT2D eigenvalue weighted by Gasteiger charge is -2.26. The van der Waals surface area contributed by atoms with E-state index in [2.05, 4.69) is 23.1 Å². The zero-order chi connectivity index (χ0) is 25.8. The fraction of sp³-hybridized carbons (Fsp3) is 0.355. The van der Waals surface area contributed by atoms with Crippen LogP contribution in [-0.4, -0.2) is 43.4 Å². The Kier molecular flexibility index (Phi) is 7.70. The summed E-state index contributed by atoms with van der Waals surface area (Å²) in [5, 5.41) is 12.5. The van der Waals surface area contributed by atoms with Gasteiger partial charge in [0.15, 0.2) is 0 Å². The lowest BCUT2D eigenvalue weighted by atomic mass is 10.0. The van der Waals surface area contributed by atoms with Crippen LogP contribution >= 0.6 is 11.3 Å². The Balaban J connectivity index is 1.39. The van der Waals surface area contributed by atoms with Crippen molar-refractivity contribution in [3.05, 3.63) is 71.6 Å².